The highest BCUT2D eigenvalue weighted by molar-refractivity contribution is 6.31. The molecule has 104 valence electrons. The molecule has 0 saturated carbocycles. The second-order valence-corrected chi connectivity index (χ2v) is 5.06. The standard InChI is InChI=1S/C14H19ClN2O2/c1-10(19-2)14(18)17-8-7-16-9-13(17)11-5-3-4-6-12(11)15/h3-6,10,13,16H,7-9H2,1-2H3. The zero-order chi connectivity index (χ0) is 13.8. The molecule has 5 heteroatoms. The Morgan fingerprint density at radius 3 is 2.95 bits per heavy atom. The average Bonchev–Trinajstić information content (AvgIpc) is 2.46. The van der Waals surface area contributed by atoms with E-state index in [1.165, 1.54) is 0 Å². The van der Waals surface area contributed by atoms with E-state index in [9.17, 15) is 4.79 Å². The van der Waals surface area contributed by atoms with E-state index < -0.39 is 6.10 Å². The van der Waals surface area contributed by atoms with Gasteiger partial charge in [0.2, 0.25) is 0 Å². The molecule has 0 aliphatic carbocycles. The summed E-state index contributed by atoms with van der Waals surface area (Å²) in [6.45, 7) is 3.95. The van der Waals surface area contributed by atoms with Gasteiger partial charge in [0.15, 0.2) is 0 Å². The third-order valence-corrected chi connectivity index (χ3v) is 3.84. The van der Waals surface area contributed by atoms with E-state index in [2.05, 4.69) is 5.32 Å². The first-order valence-electron chi connectivity index (χ1n) is 6.43. The molecule has 1 aromatic rings. The number of carbonyl (C=O) groups is 1. The van der Waals surface area contributed by atoms with Crippen molar-refractivity contribution >= 4 is 17.5 Å². The fraction of sp³-hybridized carbons (Fsp3) is 0.500. The van der Waals surface area contributed by atoms with Gasteiger partial charge in [0.25, 0.3) is 5.91 Å². The summed E-state index contributed by atoms with van der Waals surface area (Å²) in [5.41, 5.74) is 0.980. The molecule has 1 aliphatic rings. The normalized spacial score (nSPS) is 21.2. The lowest BCUT2D eigenvalue weighted by Gasteiger charge is -2.38. The minimum absolute atomic E-state index is 0.00826. The van der Waals surface area contributed by atoms with E-state index >= 15 is 0 Å². The summed E-state index contributed by atoms with van der Waals surface area (Å²) in [4.78, 5) is 14.2. The van der Waals surface area contributed by atoms with Crippen molar-refractivity contribution in [3.05, 3.63) is 34.9 Å². The molecule has 0 aromatic heterocycles. The van der Waals surface area contributed by atoms with Crippen molar-refractivity contribution in [3.63, 3.8) is 0 Å². The molecule has 19 heavy (non-hydrogen) atoms. The Kier molecular flexibility index (Phi) is 4.80. The molecule has 1 aliphatic heterocycles. The number of halogens is 1. The predicted molar refractivity (Wildman–Crippen MR) is 75.2 cm³/mol. The molecular weight excluding hydrogens is 264 g/mol. The van der Waals surface area contributed by atoms with Crippen LogP contribution in [0.15, 0.2) is 24.3 Å². The summed E-state index contributed by atoms with van der Waals surface area (Å²) in [6, 6.07) is 7.63. The summed E-state index contributed by atoms with van der Waals surface area (Å²) in [5, 5.41) is 4.00. The molecule has 2 rings (SSSR count). The molecule has 1 amide bonds. The smallest absolute Gasteiger partial charge is 0.251 e. The van der Waals surface area contributed by atoms with Gasteiger partial charge < -0.3 is 15.0 Å². The lowest BCUT2D eigenvalue weighted by atomic mass is 10.0. The van der Waals surface area contributed by atoms with Gasteiger partial charge in [-0.1, -0.05) is 29.8 Å². The molecule has 1 fully saturated rings. The van der Waals surface area contributed by atoms with Crippen LogP contribution in [0, 0.1) is 0 Å². The SMILES string of the molecule is COC(C)C(=O)N1CCNCC1c1ccccc1Cl. The first-order chi connectivity index (χ1) is 9.15. The number of benzene rings is 1. The number of hydrogen-bond donors (Lipinski definition) is 1. The average molecular weight is 283 g/mol. The van der Waals surface area contributed by atoms with Crippen molar-refractivity contribution in [1.82, 2.24) is 10.2 Å². The first kappa shape index (κ1) is 14.3. The van der Waals surface area contributed by atoms with Crippen molar-refractivity contribution in [3.8, 4) is 0 Å². The topological polar surface area (TPSA) is 41.6 Å². The van der Waals surface area contributed by atoms with Gasteiger partial charge >= 0.3 is 0 Å². The van der Waals surface area contributed by atoms with Crippen LogP contribution >= 0.6 is 11.6 Å². The molecule has 0 spiro atoms. The molecule has 2 unspecified atom stereocenters. The monoisotopic (exact) mass is 282 g/mol. The minimum atomic E-state index is -0.428. The number of amides is 1. The molecule has 1 N–H and O–H groups in total. The van der Waals surface area contributed by atoms with E-state index in [1.54, 1.807) is 14.0 Å². The Hall–Kier alpha value is -1.10. The van der Waals surface area contributed by atoms with Crippen molar-refractivity contribution in [2.24, 2.45) is 0 Å². The van der Waals surface area contributed by atoms with Gasteiger partial charge in [-0.05, 0) is 18.6 Å². The van der Waals surface area contributed by atoms with E-state index in [1.807, 2.05) is 29.2 Å². The van der Waals surface area contributed by atoms with Gasteiger partial charge in [-0.3, -0.25) is 4.79 Å². The van der Waals surface area contributed by atoms with Crippen LogP contribution in [0.1, 0.15) is 18.5 Å². The molecule has 4 nitrogen and oxygen atoms in total. The maximum atomic E-state index is 12.4. The number of rotatable bonds is 3. The summed E-state index contributed by atoms with van der Waals surface area (Å²) < 4.78 is 5.14. The van der Waals surface area contributed by atoms with E-state index in [0.29, 0.717) is 18.1 Å². The Morgan fingerprint density at radius 1 is 1.53 bits per heavy atom. The van der Waals surface area contributed by atoms with E-state index in [-0.39, 0.29) is 11.9 Å². The lowest BCUT2D eigenvalue weighted by molar-refractivity contribution is -0.144. The van der Waals surface area contributed by atoms with Crippen molar-refractivity contribution in [1.29, 1.82) is 0 Å². The number of carbonyl (C=O) groups excluding carboxylic acids is 1. The molecule has 2 atom stereocenters. The van der Waals surface area contributed by atoms with E-state index in [4.69, 9.17) is 16.3 Å². The first-order valence-corrected chi connectivity index (χ1v) is 6.81. The summed E-state index contributed by atoms with van der Waals surface area (Å²) in [6.07, 6.45) is -0.428. The maximum absolute atomic E-state index is 12.4. The summed E-state index contributed by atoms with van der Waals surface area (Å²) in [5.74, 6) is 0.00826. The van der Waals surface area contributed by atoms with Crippen LogP contribution in [-0.2, 0) is 9.53 Å². The molecule has 1 saturated heterocycles. The molecular formula is C14H19ClN2O2. The van der Waals surface area contributed by atoms with Crippen LogP contribution < -0.4 is 5.32 Å². The fourth-order valence-electron chi connectivity index (χ4n) is 2.33. The third kappa shape index (κ3) is 3.08. The predicted octanol–water partition coefficient (Wildman–Crippen LogP) is 1.85. The Labute approximate surface area is 118 Å². The molecule has 0 radical (unpaired) electrons. The third-order valence-electron chi connectivity index (χ3n) is 3.49. The fourth-order valence-corrected chi connectivity index (χ4v) is 2.59. The highest BCUT2D eigenvalue weighted by atomic mass is 35.5. The van der Waals surface area contributed by atoms with Crippen LogP contribution in [0.3, 0.4) is 0 Å². The van der Waals surface area contributed by atoms with Crippen LogP contribution in [0.4, 0.5) is 0 Å². The van der Waals surface area contributed by atoms with Crippen molar-refractivity contribution < 1.29 is 9.53 Å². The van der Waals surface area contributed by atoms with Gasteiger partial charge in [0.1, 0.15) is 6.10 Å². The number of hydrogen-bond acceptors (Lipinski definition) is 3. The molecule has 1 heterocycles. The quantitative estimate of drug-likeness (QED) is 0.920. The highest BCUT2D eigenvalue weighted by Gasteiger charge is 2.31. The summed E-state index contributed by atoms with van der Waals surface area (Å²) >= 11 is 6.24. The number of ether oxygens (including phenoxy) is 1. The number of piperazine rings is 1. The minimum Gasteiger partial charge on any atom is -0.372 e. The lowest BCUT2D eigenvalue weighted by Crippen LogP contribution is -2.51. The summed E-state index contributed by atoms with van der Waals surface area (Å²) in [7, 11) is 1.55. The molecule has 0 bridgehead atoms. The number of methoxy groups -OCH3 is 1. The Balaban J connectivity index is 2.26. The largest absolute Gasteiger partial charge is 0.372 e. The van der Waals surface area contributed by atoms with Crippen LogP contribution in [0.2, 0.25) is 5.02 Å². The van der Waals surface area contributed by atoms with Gasteiger partial charge in [0, 0.05) is 31.8 Å². The van der Waals surface area contributed by atoms with Gasteiger partial charge in [0.05, 0.1) is 6.04 Å². The second kappa shape index (κ2) is 6.37. The second-order valence-electron chi connectivity index (χ2n) is 4.65. The molecule has 1 aromatic carbocycles. The zero-order valence-electron chi connectivity index (χ0n) is 11.2. The van der Waals surface area contributed by atoms with Gasteiger partial charge in [-0.25, -0.2) is 0 Å². The van der Waals surface area contributed by atoms with Crippen LogP contribution in [-0.4, -0.2) is 43.7 Å². The van der Waals surface area contributed by atoms with Crippen molar-refractivity contribution in [2.45, 2.75) is 19.1 Å². The van der Waals surface area contributed by atoms with E-state index in [0.717, 1.165) is 12.1 Å². The van der Waals surface area contributed by atoms with Gasteiger partial charge in [-0.15, -0.1) is 0 Å². The highest BCUT2D eigenvalue weighted by Crippen LogP contribution is 2.29. The van der Waals surface area contributed by atoms with Crippen LogP contribution in [0.25, 0.3) is 0 Å². The zero-order valence-corrected chi connectivity index (χ0v) is 12.0. The van der Waals surface area contributed by atoms with Crippen LogP contribution in [0.5, 0.6) is 0 Å². The Bertz CT molecular complexity index is 453. The van der Waals surface area contributed by atoms with Gasteiger partial charge in [-0.2, -0.15) is 0 Å². The Morgan fingerprint density at radius 2 is 2.26 bits per heavy atom. The maximum Gasteiger partial charge on any atom is 0.251 e. The van der Waals surface area contributed by atoms with Crippen molar-refractivity contribution in [2.75, 3.05) is 26.7 Å². The number of nitrogens with one attached hydrogen (secondary N) is 1. The number of nitrogens with zero attached hydrogens (tertiary/aromatic N) is 1.